The molecule has 1 amide bonds. The average Bonchev–Trinajstić information content (AvgIpc) is 2.26. The van der Waals surface area contributed by atoms with E-state index < -0.39 is 6.10 Å². The standard InChI is InChI=1S/C12H24N2O2/c1-9(15)10(13)8-14-11(16)12(2)6-4-3-5-7-12/h9-10,15H,3-8,13H2,1-2H3,(H,14,16). The Labute approximate surface area is 97.6 Å². The molecule has 2 unspecified atom stereocenters. The first-order valence-corrected chi connectivity index (χ1v) is 6.18. The topological polar surface area (TPSA) is 75.3 Å². The summed E-state index contributed by atoms with van der Waals surface area (Å²) in [5, 5.41) is 12.1. The highest BCUT2D eigenvalue weighted by molar-refractivity contribution is 5.82. The second-order valence-corrected chi connectivity index (χ2v) is 5.24. The van der Waals surface area contributed by atoms with Crippen LogP contribution >= 0.6 is 0 Å². The van der Waals surface area contributed by atoms with Crippen LogP contribution in [0.25, 0.3) is 0 Å². The number of carbonyl (C=O) groups is 1. The molecule has 0 aromatic rings. The van der Waals surface area contributed by atoms with Gasteiger partial charge in [0.2, 0.25) is 5.91 Å². The maximum Gasteiger partial charge on any atom is 0.225 e. The van der Waals surface area contributed by atoms with Crippen molar-refractivity contribution in [2.45, 2.75) is 58.1 Å². The van der Waals surface area contributed by atoms with Gasteiger partial charge in [0.15, 0.2) is 0 Å². The monoisotopic (exact) mass is 228 g/mol. The smallest absolute Gasteiger partial charge is 0.225 e. The Hall–Kier alpha value is -0.610. The number of carbonyl (C=O) groups excluding carboxylic acids is 1. The van der Waals surface area contributed by atoms with E-state index in [1.165, 1.54) is 6.42 Å². The van der Waals surface area contributed by atoms with Crippen molar-refractivity contribution in [2.24, 2.45) is 11.1 Å². The van der Waals surface area contributed by atoms with Gasteiger partial charge in [-0.3, -0.25) is 4.79 Å². The molecule has 1 saturated carbocycles. The highest BCUT2D eigenvalue weighted by Gasteiger charge is 2.34. The largest absolute Gasteiger partial charge is 0.392 e. The molecule has 1 aliphatic rings. The number of aliphatic hydroxyl groups is 1. The van der Waals surface area contributed by atoms with Crippen molar-refractivity contribution in [1.29, 1.82) is 0 Å². The zero-order valence-electron chi connectivity index (χ0n) is 10.3. The number of amides is 1. The van der Waals surface area contributed by atoms with Crippen LogP contribution in [-0.2, 0) is 4.79 Å². The Morgan fingerprint density at radius 1 is 1.44 bits per heavy atom. The van der Waals surface area contributed by atoms with Gasteiger partial charge in [0.05, 0.1) is 6.10 Å². The van der Waals surface area contributed by atoms with Crippen LogP contribution in [0, 0.1) is 5.41 Å². The minimum absolute atomic E-state index is 0.0864. The summed E-state index contributed by atoms with van der Waals surface area (Å²) < 4.78 is 0. The van der Waals surface area contributed by atoms with E-state index in [4.69, 9.17) is 5.73 Å². The molecule has 0 saturated heterocycles. The zero-order chi connectivity index (χ0) is 12.2. The SMILES string of the molecule is CC(O)C(N)CNC(=O)C1(C)CCCCC1. The molecular weight excluding hydrogens is 204 g/mol. The zero-order valence-corrected chi connectivity index (χ0v) is 10.3. The highest BCUT2D eigenvalue weighted by Crippen LogP contribution is 2.35. The molecule has 4 nitrogen and oxygen atoms in total. The van der Waals surface area contributed by atoms with Crippen molar-refractivity contribution >= 4 is 5.91 Å². The van der Waals surface area contributed by atoms with Gasteiger partial charge in [-0.15, -0.1) is 0 Å². The van der Waals surface area contributed by atoms with Crippen molar-refractivity contribution in [3.05, 3.63) is 0 Å². The molecule has 16 heavy (non-hydrogen) atoms. The molecule has 4 N–H and O–H groups in total. The quantitative estimate of drug-likeness (QED) is 0.665. The van der Waals surface area contributed by atoms with Crippen LogP contribution in [0.3, 0.4) is 0 Å². The van der Waals surface area contributed by atoms with E-state index in [1.807, 2.05) is 6.92 Å². The van der Waals surface area contributed by atoms with E-state index >= 15 is 0 Å². The first-order valence-electron chi connectivity index (χ1n) is 6.18. The van der Waals surface area contributed by atoms with E-state index in [1.54, 1.807) is 6.92 Å². The molecule has 1 aliphatic carbocycles. The molecule has 0 aliphatic heterocycles. The maximum absolute atomic E-state index is 12.0. The number of nitrogens with one attached hydrogen (secondary N) is 1. The van der Waals surface area contributed by atoms with E-state index in [9.17, 15) is 9.90 Å². The lowest BCUT2D eigenvalue weighted by molar-refractivity contribution is -0.132. The Balaban J connectivity index is 2.39. The second kappa shape index (κ2) is 5.64. The van der Waals surface area contributed by atoms with Gasteiger partial charge in [-0.1, -0.05) is 26.2 Å². The maximum atomic E-state index is 12.0. The molecule has 1 fully saturated rings. The third-order valence-electron chi connectivity index (χ3n) is 3.62. The van der Waals surface area contributed by atoms with Crippen LogP contribution in [0.15, 0.2) is 0 Å². The predicted octanol–water partition coefficient (Wildman–Crippen LogP) is 0.781. The van der Waals surface area contributed by atoms with Gasteiger partial charge in [-0.2, -0.15) is 0 Å². The normalized spacial score (nSPS) is 23.5. The Bertz CT molecular complexity index is 235. The van der Waals surface area contributed by atoms with Crippen molar-refractivity contribution in [2.75, 3.05) is 6.54 Å². The average molecular weight is 228 g/mol. The van der Waals surface area contributed by atoms with E-state index in [-0.39, 0.29) is 17.4 Å². The molecule has 1 rings (SSSR count). The minimum atomic E-state index is -0.584. The number of hydrogen-bond donors (Lipinski definition) is 3. The molecule has 0 aromatic heterocycles. The number of rotatable bonds is 4. The lowest BCUT2D eigenvalue weighted by atomic mass is 9.75. The first kappa shape index (κ1) is 13.5. The predicted molar refractivity (Wildman–Crippen MR) is 63.9 cm³/mol. The molecule has 2 atom stereocenters. The van der Waals surface area contributed by atoms with Crippen LogP contribution in [0.4, 0.5) is 0 Å². The van der Waals surface area contributed by atoms with Crippen molar-refractivity contribution in [3.63, 3.8) is 0 Å². The lowest BCUT2D eigenvalue weighted by Gasteiger charge is -2.32. The fourth-order valence-corrected chi connectivity index (χ4v) is 2.15. The van der Waals surface area contributed by atoms with Crippen LogP contribution in [-0.4, -0.2) is 29.7 Å². The van der Waals surface area contributed by atoms with Crippen molar-refractivity contribution in [1.82, 2.24) is 5.32 Å². The Kier molecular flexibility index (Phi) is 4.74. The number of nitrogens with two attached hydrogens (primary N) is 1. The first-order chi connectivity index (χ1) is 7.46. The van der Waals surface area contributed by atoms with Gasteiger partial charge < -0.3 is 16.2 Å². The summed E-state index contributed by atoms with van der Waals surface area (Å²) in [6, 6.07) is -0.379. The van der Waals surface area contributed by atoms with Gasteiger partial charge in [-0.05, 0) is 19.8 Å². The summed E-state index contributed by atoms with van der Waals surface area (Å²) in [5.74, 6) is 0.0864. The summed E-state index contributed by atoms with van der Waals surface area (Å²) in [6.45, 7) is 4.01. The third-order valence-corrected chi connectivity index (χ3v) is 3.62. The van der Waals surface area contributed by atoms with E-state index in [0.717, 1.165) is 25.7 Å². The van der Waals surface area contributed by atoms with Gasteiger partial charge in [0, 0.05) is 18.0 Å². The molecule has 4 heteroatoms. The highest BCUT2D eigenvalue weighted by atomic mass is 16.3. The van der Waals surface area contributed by atoms with Gasteiger partial charge in [-0.25, -0.2) is 0 Å². The van der Waals surface area contributed by atoms with Crippen LogP contribution in [0.5, 0.6) is 0 Å². The van der Waals surface area contributed by atoms with E-state index in [0.29, 0.717) is 6.54 Å². The second-order valence-electron chi connectivity index (χ2n) is 5.24. The van der Waals surface area contributed by atoms with E-state index in [2.05, 4.69) is 5.32 Å². The summed E-state index contributed by atoms with van der Waals surface area (Å²) in [4.78, 5) is 12.0. The molecule has 94 valence electrons. The van der Waals surface area contributed by atoms with Crippen LogP contribution < -0.4 is 11.1 Å². The molecule has 0 bridgehead atoms. The molecule has 0 heterocycles. The van der Waals surface area contributed by atoms with Crippen LogP contribution in [0.1, 0.15) is 46.0 Å². The summed E-state index contributed by atoms with van der Waals surface area (Å²) in [6.07, 6.45) is 4.83. The van der Waals surface area contributed by atoms with Crippen molar-refractivity contribution in [3.8, 4) is 0 Å². The number of hydrogen-bond acceptors (Lipinski definition) is 3. The van der Waals surface area contributed by atoms with Crippen LogP contribution in [0.2, 0.25) is 0 Å². The fourth-order valence-electron chi connectivity index (χ4n) is 2.15. The summed E-state index contributed by atoms with van der Waals surface area (Å²) >= 11 is 0. The Morgan fingerprint density at radius 2 is 2.00 bits per heavy atom. The number of aliphatic hydroxyl groups excluding tert-OH is 1. The van der Waals surface area contributed by atoms with Gasteiger partial charge in [0.1, 0.15) is 0 Å². The fraction of sp³-hybridized carbons (Fsp3) is 0.917. The summed E-state index contributed by atoms with van der Waals surface area (Å²) in [7, 11) is 0. The third kappa shape index (κ3) is 3.46. The molecular formula is C12H24N2O2. The van der Waals surface area contributed by atoms with Gasteiger partial charge in [0.25, 0.3) is 0 Å². The molecule has 0 aromatic carbocycles. The summed E-state index contributed by atoms with van der Waals surface area (Å²) in [5.41, 5.74) is 5.45. The molecule has 0 spiro atoms. The van der Waals surface area contributed by atoms with Gasteiger partial charge >= 0.3 is 0 Å². The minimum Gasteiger partial charge on any atom is -0.392 e. The van der Waals surface area contributed by atoms with Crippen molar-refractivity contribution < 1.29 is 9.90 Å². The lowest BCUT2D eigenvalue weighted by Crippen LogP contribution is -2.48. The Morgan fingerprint density at radius 3 is 2.50 bits per heavy atom. The molecule has 0 radical (unpaired) electrons.